The van der Waals surface area contributed by atoms with Gasteiger partial charge in [-0.2, -0.15) is 0 Å². The van der Waals surface area contributed by atoms with Gasteiger partial charge in [0.1, 0.15) is 0 Å². The molecule has 0 aliphatic carbocycles. The lowest BCUT2D eigenvalue weighted by Crippen LogP contribution is -2.18. The van der Waals surface area contributed by atoms with Crippen LogP contribution in [0.4, 0.5) is 0 Å². The zero-order valence-corrected chi connectivity index (χ0v) is 13.3. The minimum absolute atomic E-state index is 0.335. The molecular weight excluding hydrogens is 354 g/mol. The number of benzene rings is 2. The van der Waals surface area contributed by atoms with Gasteiger partial charge in [0.15, 0.2) is 0 Å². The van der Waals surface area contributed by atoms with E-state index in [9.17, 15) is 0 Å². The molecule has 0 saturated carbocycles. The van der Waals surface area contributed by atoms with Crippen molar-refractivity contribution in [3.05, 3.63) is 68.6 Å². The molecule has 0 radical (unpaired) electrons. The maximum absolute atomic E-state index is 3.53. The van der Waals surface area contributed by atoms with Crippen LogP contribution >= 0.6 is 31.9 Å². The molecule has 3 heteroatoms. The minimum atomic E-state index is 0.335. The summed E-state index contributed by atoms with van der Waals surface area (Å²) in [6, 6.07) is 17.1. The Morgan fingerprint density at radius 1 is 1.00 bits per heavy atom. The molecule has 0 aliphatic heterocycles. The fourth-order valence-corrected chi connectivity index (χ4v) is 2.68. The van der Waals surface area contributed by atoms with Crippen molar-refractivity contribution in [2.24, 2.45) is 0 Å². The van der Waals surface area contributed by atoms with Gasteiger partial charge in [-0.3, -0.25) is 0 Å². The molecule has 0 amide bonds. The third-order valence-electron chi connectivity index (χ3n) is 2.85. The van der Waals surface area contributed by atoms with Gasteiger partial charge in [-0.25, -0.2) is 0 Å². The Balaban J connectivity index is 1.98. The van der Waals surface area contributed by atoms with Crippen molar-refractivity contribution in [2.45, 2.75) is 19.5 Å². The van der Waals surface area contributed by atoms with Crippen molar-refractivity contribution in [3.63, 3.8) is 0 Å². The molecule has 2 rings (SSSR count). The Morgan fingerprint density at radius 2 is 1.67 bits per heavy atom. The number of hydrogen-bond acceptors (Lipinski definition) is 1. The van der Waals surface area contributed by atoms with Crippen LogP contribution in [0.2, 0.25) is 0 Å². The zero-order chi connectivity index (χ0) is 13.0. The standard InChI is InChI=1S/C15H15Br2N/c1-11(13-5-3-7-15(17)9-13)18-10-12-4-2-6-14(16)8-12/h2-9,11,18H,10H2,1H3. The summed E-state index contributed by atoms with van der Waals surface area (Å²) in [4.78, 5) is 0. The summed E-state index contributed by atoms with van der Waals surface area (Å²) < 4.78 is 2.24. The number of hydrogen-bond donors (Lipinski definition) is 1. The maximum atomic E-state index is 3.53. The Bertz CT molecular complexity index is 525. The highest BCUT2D eigenvalue weighted by molar-refractivity contribution is 9.10. The molecule has 1 atom stereocenters. The van der Waals surface area contributed by atoms with E-state index in [1.54, 1.807) is 0 Å². The second-order valence-electron chi connectivity index (χ2n) is 4.29. The highest BCUT2D eigenvalue weighted by atomic mass is 79.9. The molecule has 0 aliphatic rings. The molecule has 18 heavy (non-hydrogen) atoms. The van der Waals surface area contributed by atoms with E-state index >= 15 is 0 Å². The average Bonchev–Trinajstić information content (AvgIpc) is 2.36. The topological polar surface area (TPSA) is 12.0 Å². The van der Waals surface area contributed by atoms with E-state index in [1.165, 1.54) is 11.1 Å². The lowest BCUT2D eigenvalue weighted by Gasteiger charge is -2.14. The Kier molecular flexibility index (Phi) is 4.98. The van der Waals surface area contributed by atoms with Gasteiger partial charge in [0.25, 0.3) is 0 Å². The molecular formula is C15H15Br2N. The van der Waals surface area contributed by atoms with Crippen molar-refractivity contribution < 1.29 is 0 Å². The van der Waals surface area contributed by atoms with Gasteiger partial charge in [-0.15, -0.1) is 0 Å². The molecule has 0 bridgehead atoms. The van der Waals surface area contributed by atoms with Crippen LogP contribution in [0.5, 0.6) is 0 Å². The lowest BCUT2D eigenvalue weighted by molar-refractivity contribution is 0.574. The average molecular weight is 369 g/mol. The van der Waals surface area contributed by atoms with Crippen LogP contribution in [0.25, 0.3) is 0 Å². The van der Waals surface area contributed by atoms with Crippen LogP contribution < -0.4 is 5.32 Å². The van der Waals surface area contributed by atoms with Crippen molar-refractivity contribution in [3.8, 4) is 0 Å². The maximum Gasteiger partial charge on any atom is 0.0295 e. The monoisotopic (exact) mass is 367 g/mol. The van der Waals surface area contributed by atoms with E-state index in [2.05, 4.69) is 80.5 Å². The molecule has 2 aromatic rings. The lowest BCUT2D eigenvalue weighted by atomic mass is 10.1. The van der Waals surface area contributed by atoms with Gasteiger partial charge >= 0.3 is 0 Å². The van der Waals surface area contributed by atoms with E-state index in [4.69, 9.17) is 0 Å². The summed E-state index contributed by atoms with van der Waals surface area (Å²) in [6.45, 7) is 3.05. The summed E-state index contributed by atoms with van der Waals surface area (Å²) in [6.07, 6.45) is 0. The zero-order valence-electron chi connectivity index (χ0n) is 10.2. The fourth-order valence-electron chi connectivity index (χ4n) is 1.81. The normalized spacial score (nSPS) is 12.4. The Hall–Kier alpha value is -0.640. The van der Waals surface area contributed by atoms with Crippen molar-refractivity contribution in [2.75, 3.05) is 0 Å². The third-order valence-corrected chi connectivity index (χ3v) is 3.84. The first kappa shape index (κ1) is 13.8. The van der Waals surface area contributed by atoms with Crippen LogP contribution in [-0.2, 0) is 6.54 Å². The predicted octanol–water partition coefficient (Wildman–Crippen LogP) is 5.06. The first-order valence-corrected chi connectivity index (χ1v) is 7.47. The molecule has 94 valence electrons. The van der Waals surface area contributed by atoms with Gasteiger partial charge in [0.05, 0.1) is 0 Å². The number of rotatable bonds is 4. The molecule has 1 unspecified atom stereocenters. The molecule has 2 aromatic carbocycles. The molecule has 0 fully saturated rings. The summed E-state index contributed by atoms with van der Waals surface area (Å²) in [7, 11) is 0. The second-order valence-corrected chi connectivity index (χ2v) is 6.12. The second kappa shape index (κ2) is 6.50. The van der Waals surface area contributed by atoms with Gasteiger partial charge in [-0.1, -0.05) is 56.1 Å². The van der Waals surface area contributed by atoms with Crippen molar-refractivity contribution in [1.29, 1.82) is 0 Å². The predicted molar refractivity (Wildman–Crippen MR) is 83.5 cm³/mol. The molecule has 1 N–H and O–H groups in total. The highest BCUT2D eigenvalue weighted by Crippen LogP contribution is 2.18. The number of halogens is 2. The van der Waals surface area contributed by atoms with Gasteiger partial charge in [0, 0.05) is 21.5 Å². The van der Waals surface area contributed by atoms with E-state index in [-0.39, 0.29) is 0 Å². The Labute approximate surface area is 125 Å². The SMILES string of the molecule is CC(NCc1cccc(Br)c1)c1cccc(Br)c1. The summed E-state index contributed by atoms with van der Waals surface area (Å²) in [5.74, 6) is 0. The smallest absolute Gasteiger partial charge is 0.0295 e. The quantitative estimate of drug-likeness (QED) is 0.794. The third kappa shape index (κ3) is 3.94. The van der Waals surface area contributed by atoms with Crippen LogP contribution in [-0.4, -0.2) is 0 Å². The first-order valence-electron chi connectivity index (χ1n) is 5.88. The first-order chi connectivity index (χ1) is 8.65. The van der Waals surface area contributed by atoms with E-state index in [0.717, 1.165) is 15.5 Å². The Morgan fingerprint density at radius 3 is 2.33 bits per heavy atom. The van der Waals surface area contributed by atoms with Gasteiger partial charge in [-0.05, 0) is 42.3 Å². The summed E-state index contributed by atoms with van der Waals surface area (Å²) >= 11 is 6.99. The van der Waals surface area contributed by atoms with E-state index < -0.39 is 0 Å². The van der Waals surface area contributed by atoms with Gasteiger partial charge in [0.2, 0.25) is 0 Å². The summed E-state index contributed by atoms with van der Waals surface area (Å²) in [5.41, 5.74) is 2.57. The van der Waals surface area contributed by atoms with Crippen molar-refractivity contribution >= 4 is 31.9 Å². The largest absolute Gasteiger partial charge is 0.306 e. The molecule has 0 aromatic heterocycles. The van der Waals surface area contributed by atoms with Crippen LogP contribution in [0.15, 0.2) is 57.5 Å². The van der Waals surface area contributed by atoms with E-state index in [1.807, 2.05) is 12.1 Å². The molecule has 0 spiro atoms. The minimum Gasteiger partial charge on any atom is -0.306 e. The number of nitrogens with one attached hydrogen (secondary N) is 1. The summed E-state index contributed by atoms with van der Waals surface area (Å²) in [5, 5.41) is 3.53. The van der Waals surface area contributed by atoms with Gasteiger partial charge < -0.3 is 5.32 Å². The van der Waals surface area contributed by atoms with Crippen molar-refractivity contribution in [1.82, 2.24) is 5.32 Å². The van der Waals surface area contributed by atoms with Crippen LogP contribution in [0.1, 0.15) is 24.1 Å². The molecule has 0 heterocycles. The highest BCUT2D eigenvalue weighted by Gasteiger charge is 2.05. The van der Waals surface area contributed by atoms with E-state index in [0.29, 0.717) is 6.04 Å². The fraction of sp³-hybridized carbons (Fsp3) is 0.200. The van der Waals surface area contributed by atoms with Crippen LogP contribution in [0.3, 0.4) is 0 Å². The molecule has 1 nitrogen and oxygen atoms in total. The molecule has 0 saturated heterocycles. The van der Waals surface area contributed by atoms with Crippen LogP contribution in [0, 0.1) is 0 Å².